The van der Waals surface area contributed by atoms with Gasteiger partial charge < -0.3 is 30.8 Å². The molecule has 1 saturated heterocycles. The highest BCUT2D eigenvalue weighted by atomic mass is 32.1. The van der Waals surface area contributed by atoms with Crippen molar-refractivity contribution in [3.05, 3.63) is 21.5 Å². The molecule has 1 fully saturated rings. The molecule has 0 amide bonds. The summed E-state index contributed by atoms with van der Waals surface area (Å²) in [6.45, 7) is 0.862. The number of nitrogens with zero attached hydrogens (tertiary/aromatic N) is 3. The van der Waals surface area contributed by atoms with E-state index in [1.165, 1.54) is 17.8 Å². The lowest BCUT2D eigenvalue weighted by Crippen LogP contribution is -2.44. The smallest absolute Gasteiger partial charge is 0.262 e. The average molecular weight is 380 g/mol. The summed E-state index contributed by atoms with van der Waals surface area (Å²) in [5.74, 6) is 0.0617. The topological polar surface area (TPSA) is 175 Å². The lowest BCUT2D eigenvalue weighted by Gasteiger charge is -2.28. The van der Waals surface area contributed by atoms with Gasteiger partial charge in [0.25, 0.3) is 5.56 Å². The second-order valence-electron chi connectivity index (χ2n) is 6.34. The van der Waals surface area contributed by atoms with E-state index in [-0.39, 0.29) is 32.7 Å². The van der Waals surface area contributed by atoms with Gasteiger partial charge in [-0.1, -0.05) is 0 Å². The zero-order valence-corrected chi connectivity index (χ0v) is 14.3. The van der Waals surface area contributed by atoms with E-state index in [4.69, 9.17) is 22.7 Å². The first-order valence-corrected chi connectivity index (χ1v) is 8.11. The van der Waals surface area contributed by atoms with Gasteiger partial charge in [0.15, 0.2) is 11.0 Å². The Morgan fingerprint density at radius 2 is 2.15 bits per heavy atom. The summed E-state index contributed by atoms with van der Waals surface area (Å²) in [5, 5.41) is 30.9. The van der Waals surface area contributed by atoms with E-state index < -0.39 is 36.2 Å². The number of aliphatic hydroxyl groups excluding tert-OH is 2. The van der Waals surface area contributed by atoms with E-state index in [1.54, 1.807) is 0 Å². The molecule has 138 valence electrons. The number of hydrogen-bond acceptors (Lipinski definition) is 9. The van der Waals surface area contributed by atoms with Gasteiger partial charge in [-0.15, -0.1) is 0 Å². The number of aliphatic hydroxyl groups is 3. The van der Waals surface area contributed by atoms with Crippen LogP contribution in [0.4, 0.5) is 5.82 Å². The number of H-pyrrole nitrogens is 2. The van der Waals surface area contributed by atoms with E-state index in [2.05, 4.69) is 19.9 Å². The minimum absolute atomic E-state index is 0.0509. The quantitative estimate of drug-likeness (QED) is 0.302. The number of nitrogen functional groups attached to an aromatic ring is 1. The van der Waals surface area contributed by atoms with Crippen LogP contribution in [0.2, 0.25) is 0 Å². The maximum absolute atomic E-state index is 12.5. The first-order chi connectivity index (χ1) is 12.3. The third-order valence-corrected chi connectivity index (χ3v) is 4.87. The van der Waals surface area contributed by atoms with Gasteiger partial charge in [-0.05, 0) is 19.1 Å². The lowest BCUT2D eigenvalue weighted by atomic mass is 9.96. The van der Waals surface area contributed by atoms with Crippen LogP contribution in [0.1, 0.15) is 13.2 Å². The highest BCUT2D eigenvalue weighted by molar-refractivity contribution is 7.71. The molecule has 3 aromatic heterocycles. The first-order valence-electron chi connectivity index (χ1n) is 7.70. The van der Waals surface area contributed by atoms with Crippen LogP contribution in [0, 0.1) is 4.77 Å². The zero-order valence-electron chi connectivity index (χ0n) is 13.5. The van der Waals surface area contributed by atoms with Crippen LogP contribution in [-0.2, 0) is 4.74 Å². The van der Waals surface area contributed by atoms with E-state index in [0.29, 0.717) is 0 Å². The van der Waals surface area contributed by atoms with Gasteiger partial charge in [-0.2, -0.15) is 0 Å². The summed E-state index contributed by atoms with van der Waals surface area (Å²) < 4.78 is 7.11. The number of nitrogens with one attached hydrogen (secondary N) is 2. The fourth-order valence-corrected chi connectivity index (χ4v) is 3.59. The van der Waals surface area contributed by atoms with Gasteiger partial charge in [0.05, 0.1) is 17.4 Å². The third-order valence-electron chi connectivity index (χ3n) is 4.67. The maximum atomic E-state index is 12.5. The van der Waals surface area contributed by atoms with Gasteiger partial charge in [0, 0.05) is 0 Å². The van der Waals surface area contributed by atoms with Crippen LogP contribution in [0.15, 0.2) is 11.1 Å². The molecule has 0 radical (unpaired) electrons. The molecule has 7 N–H and O–H groups in total. The minimum atomic E-state index is -1.79. The second kappa shape index (κ2) is 5.56. The van der Waals surface area contributed by atoms with Gasteiger partial charge in [-0.3, -0.25) is 14.3 Å². The van der Waals surface area contributed by atoms with Crippen molar-refractivity contribution in [1.82, 2.24) is 24.5 Å². The van der Waals surface area contributed by atoms with E-state index in [9.17, 15) is 20.1 Å². The molecule has 1 aliphatic rings. The van der Waals surface area contributed by atoms with Crippen LogP contribution in [0.5, 0.6) is 0 Å². The molecule has 4 heterocycles. The monoisotopic (exact) mass is 380 g/mol. The molecule has 0 unspecified atom stereocenters. The number of hydrogen-bond donors (Lipinski definition) is 6. The summed E-state index contributed by atoms with van der Waals surface area (Å²) >= 11 is 5.04. The fraction of sp³-hybridized carbons (Fsp3) is 0.429. The highest BCUT2D eigenvalue weighted by Crippen LogP contribution is 2.42. The fourth-order valence-electron chi connectivity index (χ4n) is 3.40. The van der Waals surface area contributed by atoms with Crippen molar-refractivity contribution in [2.45, 2.75) is 31.0 Å². The minimum Gasteiger partial charge on any atom is -0.394 e. The normalized spacial score (nSPS) is 29.0. The Bertz CT molecular complexity index is 1130. The van der Waals surface area contributed by atoms with E-state index >= 15 is 0 Å². The van der Waals surface area contributed by atoms with E-state index in [1.807, 2.05) is 0 Å². The van der Waals surface area contributed by atoms with Gasteiger partial charge in [-0.25, -0.2) is 9.97 Å². The summed E-state index contributed by atoms with van der Waals surface area (Å²) in [4.78, 5) is 25.9. The van der Waals surface area contributed by atoms with Crippen LogP contribution in [-0.4, -0.2) is 64.2 Å². The first kappa shape index (κ1) is 17.1. The Morgan fingerprint density at radius 1 is 1.42 bits per heavy atom. The molecule has 1 aliphatic heterocycles. The molecule has 11 nitrogen and oxygen atoms in total. The number of ether oxygens (including phenoxy) is 1. The van der Waals surface area contributed by atoms with Crippen molar-refractivity contribution in [2.75, 3.05) is 12.3 Å². The number of anilines is 1. The molecule has 4 atom stereocenters. The average Bonchev–Trinajstić information content (AvgIpc) is 3.01. The Morgan fingerprint density at radius 3 is 2.81 bits per heavy atom. The number of aromatic amines is 2. The molecule has 3 aromatic rings. The number of rotatable bonds is 2. The molecule has 0 bridgehead atoms. The molecule has 4 rings (SSSR count). The molecule has 0 spiro atoms. The SMILES string of the molecule is C[C@@]1(O)[C@H](O)[C@@H](CO)O[C@H]1n1c2ncnc(N)c2c2c(=O)[nH]c(=S)[nH]c21. The summed E-state index contributed by atoms with van der Waals surface area (Å²) in [6, 6.07) is 0. The van der Waals surface area contributed by atoms with Crippen LogP contribution in [0.25, 0.3) is 22.1 Å². The van der Waals surface area contributed by atoms with Crippen molar-refractivity contribution < 1.29 is 20.1 Å². The molecule has 0 saturated carbocycles. The van der Waals surface area contributed by atoms with Crippen LogP contribution < -0.4 is 11.3 Å². The molecular weight excluding hydrogens is 364 g/mol. The van der Waals surface area contributed by atoms with Crippen molar-refractivity contribution in [3.8, 4) is 0 Å². The molecule has 26 heavy (non-hydrogen) atoms. The predicted octanol–water partition coefficient (Wildman–Crippen LogP) is -1.09. The van der Waals surface area contributed by atoms with Crippen molar-refractivity contribution in [3.63, 3.8) is 0 Å². The number of fused-ring (bicyclic) bond motifs is 3. The summed E-state index contributed by atoms with van der Waals surface area (Å²) in [5.41, 5.74) is 4.06. The highest BCUT2D eigenvalue weighted by Gasteiger charge is 2.53. The Balaban J connectivity index is 2.14. The van der Waals surface area contributed by atoms with Crippen molar-refractivity contribution in [1.29, 1.82) is 0 Å². The van der Waals surface area contributed by atoms with Gasteiger partial charge in [0.1, 0.15) is 41.2 Å². The standard InChI is InChI=1S/C14H16N6O5S/c1-14(24)7(22)4(2-21)25-12(14)20-9-5(8(15)16-3-17-9)6-10(20)18-13(26)19-11(6)23/h3-4,7,12,21-22,24H,2H2,1H3,(H2,15,16,17)(H2,18,19,23,26)/t4-,7-,12-,14-/m1/s1. The lowest BCUT2D eigenvalue weighted by molar-refractivity contribution is -0.0932. The summed E-state index contributed by atoms with van der Waals surface area (Å²) in [6.07, 6.45) is -2.35. The van der Waals surface area contributed by atoms with Gasteiger partial charge in [0.2, 0.25) is 0 Å². The second-order valence-corrected chi connectivity index (χ2v) is 6.75. The number of nitrogens with two attached hydrogens (primary N) is 1. The zero-order chi connectivity index (χ0) is 18.8. The Hall–Kier alpha value is -2.38. The van der Waals surface area contributed by atoms with Gasteiger partial charge >= 0.3 is 0 Å². The maximum Gasteiger partial charge on any atom is 0.262 e. The van der Waals surface area contributed by atoms with Crippen LogP contribution in [0.3, 0.4) is 0 Å². The molecule has 0 aromatic carbocycles. The van der Waals surface area contributed by atoms with Crippen molar-refractivity contribution in [2.24, 2.45) is 0 Å². The van der Waals surface area contributed by atoms with Crippen molar-refractivity contribution >= 4 is 40.1 Å². The Kier molecular flexibility index (Phi) is 3.65. The predicted molar refractivity (Wildman–Crippen MR) is 92.9 cm³/mol. The van der Waals surface area contributed by atoms with Crippen LogP contribution >= 0.6 is 12.2 Å². The number of aromatic nitrogens is 5. The molecule has 12 heteroatoms. The summed E-state index contributed by atoms with van der Waals surface area (Å²) in [7, 11) is 0. The molecular formula is C14H16N6O5S. The Labute approximate surface area is 150 Å². The molecule has 0 aliphatic carbocycles. The third kappa shape index (κ3) is 2.13. The largest absolute Gasteiger partial charge is 0.394 e. The van der Waals surface area contributed by atoms with E-state index in [0.717, 1.165) is 0 Å².